The molecule has 0 saturated carbocycles. The number of nitrogens with zero attached hydrogens (tertiary/aromatic N) is 3. The highest BCUT2D eigenvalue weighted by Gasteiger charge is 2.25. The molecule has 0 radical (unpaired) electrons. The van der Waals surface area contributed by atoms with Crippen LogP contribution in [-0.4, -0.2) is 60.3 Å². The van der Waals surface area contributed by atoms with Crippen LogP contribution in [0.25, 0.3) is 11.3 Å². The molecule has 2 aromatic carbocycles. The number of hydrogen-bond acceptors (Lipinski definition) is 6. The molecule has 34 heavy (non-hydrogen) atoms. The van der Waals surface area contributed by atoms with Crippen molar-refractivity contribution in [3.8, 4) is 22.9 Å². The third kappa shape index (κ3) is 5.70. The summed E-state index contributed by atoms with van der Waals surface area (Å²) in [4.78, 5) is 27.4. The Kier molecular flexibility index (Phi) is 7.37. The fourth-order valence-corrected chi connectivity index (χ4v) is 4.01. The standard InChI is InChI=1S/C26H28N4O4/c1-33-22-8-6-18(7-9-22)16-24(31)27-21-12-14-30(15-13-21)26(32)20-5-3-4-19(17-20)23-10-11-25(34-2)29-28-23/h3-11,17,21H,12-16H2,1-2H3,(H,27,31). The van der Waals surface area contributed by atoms with Gasteiger partial charge >= 0.3 is 0 Å². The summed E-state index contributed by atoms with van der Waals surface area (Å²) < 4.78 is 10.2. The Bertz CT molecular complexity index is 1120. The quantitative estimate of drug-likeness (QED) is 0.582. The third-order valence-corrected chi connectivity index (χ3v) is 5.93. The maximum atomic E-state index is 13.1. The van der Waals surface area contributed by atoms with E-state index in [0.29, 0.717) is 36.6 Å². The maximum Gasteiger partial charge on any atom is 0.253 e. The minimum absolute atomic E-state index is 0.0109. The number of methoxy groups -OCH3 is 2. The number of nitrogens with one attached hydrogen (secondary N) is 1. The van der Waals surface area contributed by atoms with Crippen LogP contribution < -0.4 is 14.8 Å². The van der Waals surface area contributed by atoms with Gasteiger partial charge in [0.1, 0.15) is 5.75 Å². The smallest absolute Gasteiger partial charge is 0.253 e. The molecule has 176 valence electrons. The van der Waals surface area contributed by atoms with Crippen molar-refractivity contribution >= 4 is 11.8 Å². The lowest BCUT2D eigenvalue weighted by Gasteiger charge is -2.32. The normalized spacial score (nSPS) is 13.9. The van der Waals surface area contributed by atoms with Gasteiger partial charge in [-0.3, -0.25) is 9.59 Å². The maximum absolute atomic E-state index is 13.1. The van der Waals surface area contributed by atoms with Crippen molar-refractivity contribution < 1.29 is 19.1 Å². The number of amides is 2. The van der Waals surface area contributed by atoms with E-state index in [1.807, 2.05) is 59.5 Å². The van der Waals surface area contributed by atoms with Crippen molar-refractivity contribution in [1.29, 1.82) is 0 Å². The van der Waals surface area contributed by atoms with Crippen LogP contribution >= 0.6 is 0 Å². The van der Waals surface area contributed by atoms with Gasteiger partial charge in [0.15, 0.2) is 0 Å². The van der Waals surface area contributed by atoms with Crippen molar-refractivity contribution in [2.24, 2.45) is 0 Å². The van der Waals surface area contributed by atoms with E-state index < -0.39 is 0 Å². The van der Waals surface area contributed by atoms with E-state index in [9.17, 15) is 9.59 Å². The second-order valence-corrected chi connectivity index (χ2v) is 8.20. The second-order valence-electron chi connectivity index (χ2n) is 8.20. The zero-order chi connectivity index (χ0) is 23.9. The van der Waals surface area contributed by atoms with E-state index in [1.165, 1.54) is 0 Å². The molecule has 2 amide bonds. The van der Waals surface area contributed by atoms with Crippen molar-refractivity contribution in [3.05, 3.63) is 71.8 Å². The average molecular weight is 461 g/mol. The van der Waals surface area contributed by atoms with Crippen LogP contribution in [0.5, 0.6) is 11.6 Å². The van der Waals surface area contributed by atoms with Crippen molar-refractivity contribution in [2.45, 2.75) is 25.3 Å². The molecule has 0 atom stereocenters. The molecule has 8 nitrogen and oxygen atoms in total. The number of benzene rings is 2. The Morgan fingerprint density at radius 2 is 1.74 bits per heavy atom. The molecular formula is C26H28N4O4. The molecule has 1 aliphatic rings. The van der Waals surface area contributed by atoms with Crippen molar-refractivity contribution in [3.63, 3.8) is 0 Å². The zero-order valence-electron chi connectivity index (χ0n) is 19.4. The monoisotopic (exact) mass is 460 g/mol. The molecule has 2 heterocycles. The molecule has 0 aliphatic carbocycles. The molecule has 0 unspecified atom stereocenters. The van der Waals surface area contributed by atoms with Crippen molar-refractivity contribution in [1.82, 2.24) is 20.4 Å². The van der Waals surface area contributed by atoms with Crippen LogP contribution in [0.3, 0.4) is 0 Å². The highest BCUT2D eigenvalue weighted by molar-refractivity contribution is 5.95. The van der Waals surface area contributed by atoms with Gasteiger partial charge < -0.3 is 19.7 Å². The van der Waals surface area contributed by atoms with Crippen LogP contribution in [0.15, 0.2) is 60.7 Å². The lowest BCUT2D eigenvalue weighted by molar-refractivity contribution is -0.121. The summed E-state index contributed by atoms with van der Waals surface area (Å²) in [7, 11) is 3.16. The molecule has 3 aromatic rings. The second kappa shape index (κ2) is 10.8. The van der Waals surface area contributed by atoms with Gasteiger partial charge in [-0.1, -0.05) is 24.3 Å². The highest BCUT2D eigenvalue weighted by Crippen LogP contribution is 2.21. The number of ether oxygens (including phenoxy) is 2. The topological polar surface area (TPSA) is 93.7 Å². The first-order valence-electron chi connectivity index (χ1n) is 11.3. The minimum Gasteiger partial charge on any atom is -0.497 e. The molecule has 1 N–H and O–H groups in total. The summed E-state index contributed by atoms with van der Waals surface area (Å²) in [6.07, 6.45) is 1.78. The van der Waals surface area contributed by atoms with Gasteiger partial charge in [0.05, 0.1) is 26.3 Å². The predicted octanol–water partition coefficient (Wildman–Crippen LogP) is 3.12. The summed E-state index contributed by atoms with van der Waals surface area (Å²) in [6, 6.07) is 18.5. The third-order valence-electron chi connectivity index (χ3n) is 5.93. The number of piperidine rings is 1. The van der Waals surface area contributed by atoms with E-state index >= 15 is 0 Å². The fourth-order valence-electron chi connectivity index (χ4n) is 4.01. The van der Waals surface area contributed by atoms with E-state index in [2.05, 4.69) is 15.5 Å². The lowest BCUT2D eigenvalue weighted by atomic mass is 10.0. The van der Waals surface area contributed by atoms with Crippen molar-refractivity contribution in [2.75, 3.05) is 27.3 Å². The average Bonchev–Trinajstić information content (AvgIpc) is 2.89. The van der Waals surface area contributed by atoms with E-state index in [4.69, 9.17) is 9.47 Å². The van der Waals surface area contributed by atoms with Gasteiger partial charge in [-0.05, 0) is 48.7 Å². The van der Waals surface area contributed by atoms with E-state index in [1.54, 1.807) is 20.3 Å². The SMILES string of the molecule is COc1ccc(CC(=O)NC2CCN(C(=O)c3cccc(-c4ccc(OC)nn4)c3)CC2)cc1. The number of carbonyl (C=O) groups excluding carboxylic acids is 2. The largest absolute Gasteiger partial charge is 0.497 e. The van der Waals surface area contributed by atoms with Crippen LogP contribution in [0, 0.1) is 0 Å². The van der Waals surface area contributed by atoms with Gasteiger partial charge in [0.25, 0.3) is 5.91 Å². The molecule has 0 spiro atoms. The summed E-state index contributed by atoms with van der Waals surface area (Å²) in [5.41, 5.74) is 3.04. The fraction of sp³-hybridized carbons (Fsp3) is 0.308. The highest BCUT2D eigenvalue weighted by atomic mass is 16.5. The van der Waals surface area contributed by atoms with Crippen LogP contribution in [0.2, 0.25) is 0 Å². The number of rotatable bonds is 7. The van der Waals surface area contributed by atoms with E-state index in [-0.39, 0.29) is 17.9 Å². The molecule has 4 rings (SSSR count). The predicted molar refractivity (Wildman–Crippen MR) is 128 cm³/mol. The first-order valence-corrected chi connectivity index (χ1v) is 11.3. The van der Waals surface area contributed by atoms with Gasteiger partial charge in [0.2, 0.25) is 11.8 Å². The van der Waals surface area contributed by atoms with E-state index in [0.717, 1.165) is 29.7 Å². The lowest BCUT2D eigenvalue weighted by Crippen LogP contribution is -2.46. The van der Waals surface area contributed by atoms with Crippen LogP contribution in [-0.2, 0) is 11.2 Å². The van der Waals surface area contributed by atoms with Crippen LogP contribution in [0.4, 0.5) is 0 Å². The molecule has 8 heteroatoms. The molecule has 1 fully saturated rings. The van der Waals surface area contributed by atoms with Gasteiger partial charge in [-0.25, -0.2) is 0 Å². The minimum atomic E-state index is -0.0219. The van der Waals surface area contributed by atoms with Crippen LogP contribution in [0.1, 0.15) is 28.8 Å². The summed E-state index contributed by atoms with van der Waals surface area (Å²) in [5.74, 6) is 1.17. The summed E-state index contributed by atoms with van der Waals surface area (Å²) >= 11 is 0. The Labute approximate surface area is 198 Å². The Morgan fingerprint density at radius 1 is 0.971 bits per heavy atom. The Morgan fingerprint density at radius 3 is 2.38 bits per heavy atom. The van der Waals surface area contributed by atoms with Gasteiger partial charge in [0, 0.05) is 36.3 Å². The number of aromatic nitrogens is 2. The molecular weight excluding hydrogens is 432 g/mol. The Hall–Kier alpha value is -3.94. The zero-order valence-corrected chi connectivity index (χ0v) is 19.4. The first-order chi connectivity index (χ1) is 16.6. The summed E-state index contributed by atoms with van der Waals surface area (Å²) in [6.45, 7) is 1.19. The number of hydrogen-bond donors (Lipinski definition) is 1. The molecule has 0 bridgehead atoms. The molecule has 1 aliphatic heterocycles. The summed E-state index contributed by atoms with van der Waals surface area (Å²) in [5, 5.41) is 11.3. The molecule has 1 aromatic heterocycles. The number of likely N-dealkylation sites (tertiary alicyclic amines) is 1. The first kappa shape index (κ1) is 23.2. The number of carbonyl (C=O) groups is 2. The van der Waals surface area contributed by atoms with Gasteiger partial charge in [-0.15, -0.1) is 10.2 Å². The van der Waals surface area contributed by atoms with Gasteiger partial charge in [-0.2, -0.15) is 0 Å². The molecule has 1 saturated heterocycles. The Balaban J connectivity index is 1.30.